The molecule has 0 aliphatic heterocycles. The van der Waals surface area contributed by atoms with Gasteiger partial charge in [-0.05, 0) is 161 Å². The lowest BCUT2D eigenvalue weighted by atomic mass is 9.58. The molecule has 1 aromatic heterocycles. The number of hydrogen-bond donors (Lipinski definition) is 0. The van der Waals surface area contributed by atoms with Crippen LogP contribution < -0.4 is 0 Å². The van der Waals surface area contributed by atoms with Crippen molar-refractivity contribution in [2.45, 2.75) is 88.9 Å². The molecule has 0 saturated heterocycles. The lowest BCUT2D eigenvalue weighted by molar-refractivity contribution is 0.116. The molecule has 1 fully saturated rings. The molecule has 5 aromatic rings. The van der Waals surface area contributed by atoms with Crippen molar-refractivity contribution in [3.05, 3.63) is 154 Å². The molecule has 6 aliphatic rings. The Morgan fingerprint density at radius 1 is 0.692 bits per heavy atom. The Morgan fingerprint density at radius 3 is 2.44 bits per heavy atom. The normalized spacial score (nSPS) is 29.2. The van der Waals surface area contributed by atoms with Crippen LogP contribution in [0.1, 0.15) is 117 Å². The van der Waals surface area contributed by atoms with Gasteiger partial charge in [0.1, 0.15) is 11.3 Å². The number of para-hydroxylation sites is 1. The summed E-state index contributed by atoms with van der Waals surface area (Å²) in [5.74, 6) is 3.49. The van der Waals surface area contributed by atoms with Crippen molar-refractivity contribution in [2.75, 3.05) is 0 Å². The van der Waals surface area contributed by atoms with Crippen LogP contribution in [-0.2, 0) is 0 Å². The minimum absolute atomic E-state index is 0.281. The average molecular weight is 677 g/mol. The Hall–Kier alpha value is -4.62. The summed E-state index contributed by atoms with van der Waals surface area (Å²) in [6, 6.07) is 25.8. The number of fused-ring (bicyclic) bond motifs is 8. The number of allylic oxidation sites excluding steroid dienone is 11. The molecule has 0 radical (unpaired) electrons. The molecule has 0 spiro atoms. The predicted octanol–water partition coefficient (Wildman–Crippen LogP) is 14.3. The Balaban J connectivity index is 1.14. The quantitative estimate of drug-likeness (QED) is 0.137. The summed E-state index contributed by atoms with van der Waals surface area (Å²) >= 11 is 0. The highest BCUT2D eigenvalue weighted by Gasteiger charge is 2.42. The van der Waals surface area contributed by atoms with Crippen molar-refractivity contribution < 1.29 is 4.42 Å². The number of furan rings is 1. The summed E-state index contributed by atoms with van der Waals surface area (Å²) in [5, 5.41) is 7.17. The third-order valence-electron chi connectivity index (χ3n) is 14.3. The topological polar surface area (TPSA) is 13.1 Å². The van der Waals surface area contributed by atoms with Crippen molar-refractivity contribution in [2.24, 2.45) is 17.3 Å². The van der Waals surface area contributed by atoms with Gasteiger partial charge in [-0.2, -0.15) is 0 Å². The Kier molecular flexibility index (Phi) is 7.12. The Morgan fingerprint density at radius 2 is 1.52 bits per heavy atom. The summed E-state index contributed by atoms with van der Waals surface area (Å²) in [7, 11) is 0. The van der Waals surface area contributed by atoms with Crippen LogP contribution in [0.3, 0.4) is 0 Å². The lowest BCUT2D eigenvalue weighted by Gasteiger charge is -2.46. The fourth-order valence-corrected chi connectivity index (χ4v) is 11.7. The van der Waals surface area contributed by atoms with E-state index in [0.717, 1.165) is 42.9 Å². The van der Waals surface area contributed by atoms with Gasteiger partial charge in [0.25, 0.3) is 0 Å². The largest absolute Gasteiger partial charge is 0.460 e. The van der Waals surface area contributed by atoms with Crippen LogP contribution in [0.2, 0.25) is 0 Å². The van der Waals surface area contributed by atoms with Crippen molar-refractivity contribution in [1.29, 1.82) is 0 Å². The molecule has 52 heavy (non-hydrogen) atoms. The highest BCUT2D eigenvalue weighted by Crippen LogP contribution is 2.56. The Bertz CT molecular complexity index is 2470. The molecule has 6 aliphatic carbocycles. The first-order valence-electron chi connectivity index (χ1n) is 20.2. The van der Waals surface area contributed by atoms with Gasteiger partial charge in [-0.15, -0.1) is 0 Å². The highest BCUT2D eigenvalue weighted by atomic mass is 16.3. The van der Waals surface area contributed by atoms with Crippen LogP contribution in [0, 0.1) is 17.3 Å². The van der Waals surface area contributed by atoms with Gasteiger partial charge in [0.05, 0.1) is 0 Å². The van der Waals surface area contributed by atoms with Gasteiger partial charge in [0, 0.05) is 22.8 Å². The monoisotopic (exact) mass is 676 g/mol. The van der Waals surface area contributed by atoms with E-state index in [2.05, 4.69) is 128 Å². The van der Waals surface area contributed by atoms with E-state index in [0.29, 0.717) is 23.2 Å². The van der Waals surface area contributed by atoms with Crippen LogP contribution in [0.5, 0.6) is 0 Å². The second-order valence-corrected chi connectivity index (χ2v) is 17.1. The zero-order valence-corrected chi connectivity index (χ0v) is 30.4. The molecule has 0 bridgehead atoms. The van der Waals surface area contributed by atoms with Gasteiger partial charge in [-0.3, -0.25) is 0 Å². The van der Waals surface area contributed by atoms with E-state index >= 15 is 0 Å². The lowest BCUT2D eigenvalue weighted by Crippen LogP contribution is -2.34. The molecule has 6 unspecified atom stereocenters. The predicted molar refractivity (Wildman–Crippen MR) is 219 cm³/mol. The van der Waals surface area contributed by atoms with Crippen LogP contribution in [0.4, 0.5) is 0 Å². The van der Waals surface area contributed by atoms with Crippen molar-refractivity contribution in [3.8, 4) is 0 Å². The molecule has 0 N–H and O–H groups in total. The van der Waals surface area contributed by atoms with E-state index in [1.807, 2.05) is 0 Å². The van der Waals surface area contributed by atoms with Crippen molar-refractivity contribution in [3.63, 3.8) is 0 Å². The van der Waals surface area contributed by atoms with Crippen molar-refractivity contribution in [1.82, 2.24) is 0 Å². The van der Waals surface area contributed by atoms with E-state index in [1.54, 1.807) is 16.7 Å². The zero-order valence-electron chi connectivity index (χ0n) is 30.4. The average Bonchev–Trinajstić information content (AvgIpc) is 3.57. The van der Waals surface area contributed by atoms with Gasteiger partial charge >= 0.3 is 0 Å². The maximum Gasteiger partial charge on any atom is 0.134 e. The standard InChI is InChI=1S/C51H48O/c1-51-27-11-10-14-37(51)25-23-36(31-51)49-41-18-6-5-17-40(41)48(35-22-21-32-12-2-3-13-33(32)28-35)45-29-34(24-26-42(45)49)44-30-46-39-16-8-9-20-47(39)52-50(46)43-19-7-4-15-38(43)44/h3,5-10,13-14,16-22,24,26,29-30,35-38,43H,2,4,11-12,15,23,25,27-28,31H2,1H3. The summed E-state index contributed by atoms with van der Waals surface area (Å²) in [6.45, 7) is 2.60. The molecule has 11 rings (SSSR count). The summed E-state index contributed by atoms with van der Waals surface area (Å²) in [5.41, 5.74) is 11.8. The molecule has 6 atom stereocenters. The van der Waals surface area contributed by atoms with Crippen molar-refractivity contribution >= 4 is 44.2 Å². The molecule has 1 heteroatoms. The summed E-state index contributed by atoms with van der Waals surface area (Å²) < 4.78 is 6.62. The third kappa shape index (κ3) is 4.74. The maximum atomic E-state index is 6.62. The SMILES string of the molecule is CC12CCC=CC1CCC(c1c3ccccc3c(C3C=CC4=C(C=CCC4)C3)c3cc(C4=Cc5c(oc6ccccc56)C5C=CCCC45)ccc13)C2. The molecule has 1 heterocycles. The van der Waals surface area contributed by atoms with Crippen LogP contribution in [-0.4, -0.2) is 0 Å². The van der Waals surface area contributed by atoms with Crippen LogP contribution in [0.15, 0.2) is 131 Å². The molecule has 1 saturated carbocycles. The fourth-order valence-electron chi connectivity index (χ4n) is 11.7. The van der Waals surface area contributed by atoms with Crippen LogP contribution in [0.25, 0.3) is 44.2 Å². The zero-order chi connectivity index (χ0) is 34.4. The van der Waals surface area contributed by atoms with Gasteiger partial charge in [-0.25, -0.2) is 0 Å². The van der Waals surface area contributed by atoms with Gasteiger partial charge < -0.3 is 4.42 Å². The number of hydrogen-bond acceptors (Lipinski definition) is 1. The van der Waals surface area contributed by atoms with Gasteiger partial charge in [0.2, 0.25) is 0 Å². The first-order valence-corrected chi connectivity index (χ1v) is 20.2. The first kappa shape index (κ1) is 31.0. The fraction of sp³-hybridized carbons (Fsp3) is 0.333. The molecule has 4 aromatic carbocycles. The number of rotatable bonds is 3. The van der Waals surface area contributed by atoms with E-state index in [1.165, 1.54) is 87.7 Å². The maximum absolute atomic E-state index is 6.62. The summed E-state index contributed by atoms with van der Waals surface area (Å²) in [4.78, 5) is 0. The molecular weight excluding hydrogens is 629 g/mol. The van der Waals surface area contributed by atoms with E-state index < -0.39 is 0 Å². The minimum atomic E-state index is 0.281. The van der Waals surface area contributed by atoms with E-state index in [4.69, 9.17) is 4.42 Å². The number of benzene rings is 4. The van der Waals surface area contributed by atoms with Gasteiger partial charge in [0.15, 0.2) is 0 Å². The smallest absolute Gasteiger partial charge is 0.134 e. The second kappa shape index (κ2) is 12.0. The minimum Gasteiger partial charge on any atom is -0.460 e. The first-order chi connectivity index (χ1) is 25.6. The van der Waals surface area contributed by atoms with E-state index in [9.17, 15) is 0 Å². The van der Waals surface area contributed by atoms with Gasteiger partial charge in [-0.1, -0.05) is 110 Å². The highest BCUT2D eigenvalue weighted by molar-refractivity contribution is 6.08. The third-order valence-corrected chi connectivity index (χ3v) is 14.3. The Labute approximate surface area is 308 Å². The second-order valence-electron chi connectivity index (χ2n) is 17.1. The van der Waals surface area contributed by atoms with E-state index in [-0.39, 0.29) is 5.92 Å². The molecule has 258 valence electrons. The molecule has 0 amide bonds. The van der Waals surface area contributed by atoms with Crippen LogP contribution >= 0.6 is 0 Å². The molecule has 1 nitrogen and oxygen atoms in total. The molecular formula is C51H48O. The summed E-state index contributed by atoms with van der Waals surface area (Å²) in [6.07, 6.45) is 34.3.